The highest BCUT2D eigenvalue weighted by molar-refractivity contribution is 5.48. The molecule has 1 rings (SSSR count). The third-order valence-electron chi connectivity index (χ3n) is 2.13. The summed E-state index contributed by atoms with van der Waals surface area (Å²) in [5, 5.41) is 38.7. The van der Waals surface area contributed by atoms with Crippen molar-refractivity contribution in [2.45, 2.75) is 30.6 Å². The summed E-state index contributed by atoms with van der Waals surface area (Å²) in [5.41, 5.74) is 0. The number of hydrogen-bond donors (Lipinski definition) is 5. The minimum atomic E-state index is -1.48. The molecule has 0 aromatic heterocycles. The molecule has 0 aliphatic carbocycles. The van der Waals surface area contributed by atoms with Crippen molar-refractivity contribution in [1.82, 2.24) is 5.32 Å². The maximum absolute atomic E-state index is 9.98. The molecule has 5 atom stereocenters. The zero-order valence-corrected chi connectivity index (χ0v) is 7.20. The van der Waals surface area contributed by atoms with Crippen molar-refractivity contribution in [2.24, 2.45) is 0 Å². The smallest absolute Gasteiger partial charge is 0.309 e. The molecule has 0 spiro atoms. The van der Waals surface area contributed by atoms with Crippen molar-refractivity contribution < 1.29 is 30.0 Å². The summed E-state index contributed by atoms with van der Waals surface area (Å²) in [7, 11) is 0. The lowest BCUT2D eigenvalue weighted by Crippen LogP contribution is -2.63. The molecule has 7 heteroatoms. The summed E-state index contributed by atoms with van der Waals surface area (Å²) in [6, 6.07) is -1.15. The quantitative estimate of drug-likeness (QED) is 0.305. The lowest BCUT2D eigenvalue weighted by Gasteiger charge is -2.39. The van der Waals surface area contributed by atoms with Crippen LogP contribution in [-0.4, -0.2) is 64.1 Å². The maximum Gasteiger partial charge on any atom is 0.309 e. The Morgan fingerprint density at radius 1 is 1.29 bits per heavy atom. The topological polar surface area (TPSA) is 119 Å². The number of aliphatic hydroxyl groups excluding tert-OH is 4. The molecule has 1 fully saturated rings. The molecule has 7 nitrogen and oxygen atoms in total. The molecule has 0 aromatic carbocycles. The van der Waals surface area contributed by atoms with Gasteiger partial charge in [-0.1, -0.05) is 0 Å². The van der Waals surface area contributed by atoms with E-state index in [1.807, 2.05) is 5.32 Å². The largest absolute Gasteiger partial charge is 0.394 e. The number of rotatable bonds is 3. The van der Waals surface area contributed by atoms with Crippen LogP contribution in [0.5, 0.6) is 0 Å². The number of carbonyl (C=O) groups excluding carboxylic acids is 1. The van der Waals surface area contributed by atoms with Crippen LogP contribution in [0.1, 0.15) is 0 Å². The molecule has 1 saturated heterocycles. The van der Waals surface area contributed by atoms with Gasteiger partial charge in [0.1, 0.15) is 24.4 Å². The van der Waals surface area contributed by atoms with Gasteiger partial charge in [-0.2, -0.15) is 0 Å². The van der Waals surface area contributed by atoms with E-state index < -0.39 is 37.3 Å². The van der Waals surface area contributed by atoms with E-state index in [1.165, 1.54) is 6.41 Å². The molecule has 81 valence electrons. The zero-order chi connectivity index (χ0) is 10.7. The van der Waals surface area contributed by atoms with Crippen LogP contribution in [0.25, 0.3) is 0 Å². The van der Waals surface area contributed by atoms with Crippen LogP contribution in [-0.2, 0) is 9.53 Å². The third-order valence-corrected chi connectivity index (χ3v) is 2.13. The van der Waals surface area contributed by atoms with Crippen molar-refractivity contribution in [2.75, 3.05) is 6.61 Å². The van der Waals surface area contributed by atoms with Gasteiger partial charge in [-0.3, -0.25) is 4.79 Å². The van der Waals surface area contributed by atoms with Gasteiger partial charge in [0.25, 0.3) is 0 Å². The molecule has 14 heavy (non-hydrogen) atoms. The van der Waals surface area contributed by atoms with Crippen LogP contribution in [0.3, 0.4) is 0 Å². The Labute approximate surface area is 79.9 Å². The molecule has 0 aromatic rings. The molecule has 1 unspecified atom stereocenters. The van der Waals surface area contributed by atoms with E-state index in [9.17, 15) is 20.1 Å². The molecule has 0 bridgehead atoms. The first kappa shape index (κ1) is 11.3. The third kappa shape index (κ3) is 2.02. The van der Waals surface area contributed by atoms with Crippen LogP contribution in [0.15, 0.2) is 0 Å². The highest BCUT2D eigenvalue weighted by Gasteiger charge is 2.43. The summed E-state index contributed by atoms with van der Waals surface area (Å²) >= 11 is 0. The molecule has 1 amide bonds. The fourth-order valence-corrected chi connectivity index (χ4v) is 1.32. The molecule has 1 heterocycles. The zero-order valence-electron chi connectivity index (χ0n) is 7.20. The second-order valence-corrected chi connectivity index (χ2v) is 3.00. The van der Waals surface area contributed by atoms with Crippen LogP contribution in [0, 0.1) is 0 Å². The van der Waals surface area contributed by atoms with E-state index in [0.29, 0.717) is 0 Å². The van der Waals surface area contributed by atoms with Crippen molar-refractivity contribution in [3.63, 3.8) is 0 Å². The molecule has 0 saturated carbocycles. The average Bonchev–Trinajstić information content (AvgIpc) is 2.18. The maximum atomic E-state index is 9.98. The van der Waals surface area contributed by atoms with Gasteiger partial charge >= 0.3 is 6.41 Å². The van der Waals surface area contributed by atoms with Crippen LogP contribution < -0.4 is 5.32 Å². The summed E-state index contributed by atoms with van der Waals surface area (Å²) in [6.45, 7) is -0.535. The Hall–Kier alpha value is -0.730. The van der Waals surface area contributed by atoms with Crippen molar-refractivity contribution in [3.8, 4) is 0 Å². The highest BCUT2D eigenvalue weighted by atomic mass is 16.6. The Balaban J connectivity index is 2.68. The Morgan fingerprint density at radius 2 is 1.93 bits per heavy atom. The van der Waals surface area contributed by atoms with Gasteiger partial charge in [0.05, 0.1) is 6.61 Å². The van der Waals surface area contributed by atoms with Crippen LogP contribution >= 0.6 is 0 Å². The van der Waals surface area contributed by atoms with Gasteiger partial charge in [0, 0.05) is 0 Å². The van der Waals surface area contributed by atoms with E-state index in [0.717, 1.165) is 0 Å². The standard InChI is InChI=1S/C7H12NO6/c9-1-3-5(11)6(12)4(8-2-10)7(13)14-3/h3-7,9,11-13H,1H2,(H,8,10)/t3-,4+,5-,6-,7?/m1/s1. The van der Waals surface area contributed by atoms with Crippen LogP contribution in [0.4, 0.5) is 0 Å². The van der Waals surface area contributed by atoms with E-state index in [1.54, 1.807) is 0 Å². The second kappa shape index (κ2) is 4.67. The monoisotopic (exact) mass is 206 g/mol. The average molecular weight is 206 g/mol. The minimum Gasteiger partial charge on any atom is -0.394 e. The number of hydrogen-bond acceptors (Lipinski definition) is 6. The fourth-order valence-electron chi connectivity index (χ4n) is 1.32. The molecule has 5 N–H and O–H groups in total. The predicted molar refractivity (Wildman–Crippen MR) is 42.6 cm³/mol. The molecular weight excluding hydrogens is 194 g/mol. The summed E-state index contributed by atoms with van der Waals surface area (Å²) in [5.74, 6) is 0. The first-order valence-corrected chi connectivity index (χ1v) is 4.05. The predicted octanol–water partition coefficient (Wildman–Crippen LogP) is -3.56. The Kier molecular flexibility index (Phi) is 3.78. The first-order chi connectivity index (χ1) is 6.61. The fraction of sp³-hybridized carbons (Fsp3) is 0.857. The van der Waals surface area contributed by atoms with Crippen molar-refractivity contribution in [3.05, 3.63) is 0 Å². The molecular formula is C7H12NO6. The van der Waals surface area contributed by atoms with Gasteiger partial charge in [0.2, 0.25) is 0 Å². The Morgan fingerprint density at radius 3 is 2.43 bits per heavy atom. The van der Waals surface area contributed by atoms with Gasteiger partial charge in [-0.25, -0.2) is 0 Å². The number of nitrogens with one attached hydrogen (secondary N) is 1. The van der Waals surface area contributed by atoms with E-state index >= 15 is 0 Å². The molecule has 1 radical (unpaired) electrons. The first-order valence-electron chi connectivity index (χ1n) is 4.05. The second-order valence-electron chi connectivity index (χ2n) is 3.00. The summed E-state index contributed by atoms with van der Waals surface area (Å²) in [6.07, 6.45) is -4.04. The normalized spacial score (nSPS) is 43.3. The number of ether oxygens (including phenoxy) is 1. The lowest BCUT2D eigenvalue weighted by atomic mass is 9.97. The lowest BCUT2D eigenvalue weighted by molar-refractivity contribution is -0.252. The summed E-state index contributed by atoms with van der Waals surface area (Å²) in [4.78, 5) is 9.98. The Bertz CT molecular complexity index is 201. The summed E-state index contributed by atoms with van der Waals surface area (Å²) < 4.78 is 4.74. The van der Waals surface area contributed by atoms with E-state index in [-0.39, 0.29) is 0 Å². The van der Waals surface area contributed by atoms with Gasteiger partial charge < -0.3 is 30.5 Å². The minimum absolute atomic E-state index is 0.535. The van der Waals surface area contributed by atoms with Gasteiger partial charge in [-0.05, 0) is 0 Å². The van der Waals surface area contributed by atoms with Crippen molar-refractivity contribution in [1.29, 1.82) is 0 Å². The van der Waals surface area contributed by atoms with Crippen LogP contribution in [0.2, 0.25) is 0 Å². The SMILES string of the molecule is O=[C]N[C@@H]1C(O)O[C@H](CO)[C@@H](O)[C@@H]1O. The molecule has 1 aliphatic rings. The van der Waals surface area contributed by atoms with E-state index in [2.05, 4.69) is 0 Å². The van der Waals surface area contributed by atoms with Crippen molar-refractivity contribution >= 4 is 6.41 Å². The number of amides is 1. The van der Waals surface area contributed by atoms with Gasteiger partial charge in [-0.15, -0.1) is 0 Å². The van der Waals surface area contributed by atoms with E-state index in [4.69, 9.17) is 9.84 Å². The number of aliphatic hydroxyl groups is 4. The van der Waals surface area contributed by atoms with Gasteiger partial charge in [0.15, 0.2) is 6.29 Å². The highest BCUT2D eigenvalue weighted by Crippen LogP contribution is 2.19. The molecule has 1 aliphatic heterocycles.